The molecule has 0 saturated heterocycles. The van der Waals surface area contributed by atoms with Gasteiger partial charge in [0.15, 0.2) is 0 Å². The summed E-state index contributed by atoms with van der Waals surface area (Å²) in [4.78, 5) is 13.5. The van der Waals surface area contributed by atoms with Crippen LogP contribution >= 0.6 is 0 Å². The van der Waals surface area contributed by atoms with E-state index in [1.54, 1.807) is 11.6 Å². The SMILES string of the molecule is CC(C)C(c1cc2ccccc2n1CCN(C)C)N1C/C(=C/CC(=O)NO)N=N1. The van der Waals surface area contributed by atoms with Crippen LogP contribution in [0.5, 0.6) is 0 Å². The highest BCUT2D eigenvalue weighted by molar-refractivity contribution is 5.81. The van der Waals surface area contributed by atoms with Crippen molar-refractivity contribution >= 4 is 16.8 Å². The molecule has 0 radical (unpaired) electrons. The van der Waals surface area contributed by atoms with E-state index in [1.165, 1.54) is 16.6 Å². The van der Waals surface area contributed by atoms with Crippen LogP contribution in [0, 0.1) is 5.92 Å². The quantitative estimate of drug-likeness (QED) is 0.527. The molecule has 0 bridgehead atoms. The molecule has 1 aliphatic heterocycles. The Labute approximate surface area is 171 Å². The number of hydrogen-bond acceptors (Lipinski definition) is 6. The number of hydrogen-bond donors (Lipinski definition) is 2. The molecule has 156 valence electrons. The number of amides is 1. The van der Waals surface area contributed by atoms with E-state index in [9.17, 15) is 4.79 Å². The number of carbonyl (C=O) groups is 1. The first-order chi connectivity index (χ1) is 13.9. The van der Waals surface area contributed by atoms with Gasteiger partial charge >= 0.3 is 0 Å². The maximum atomic E-state index is 11.3. The van der Waals surface area contributed by atoms with Crippen LogP contribution in [0.15, 0.2) is 52.4 Å². The molecular formula is C21H30N6O2. The fraction of sp³-hybridized carbons (Fsp3) is 0.476. The highest BCUT2D eigenvalue weighted by Crippen LogP contribution is 2.35. The molecule has 1 aromatic heterocycles. The molecule has 29 heavy (non-hydrogen) atoms. The molecule has 2 aromatic rings. The van der Waals surface area contributed by atoms with Crippen molar-refractivity contribution in [2.24, 2.45) is 16.3 Å². The molecule has 3 rings (SSSR count). The van der Waals surface area contributed by atoms with Crippen molar-refractivity contribution < 1.29 is 10.0 Å². The third-order valence-electron chi connectivity index (χ3n) is 5.13. The van der Waals surface area contributed by atoms with E-state index in [-0.39, 0.29) is 12.5 Å². The predicted molar refractivity (Wildman–Crippen MR) is 112 cm³/mol. The van der Waals surface area contributed by atoms with Gasteiger partial charge in [0.2, 0.25) is 5.91 Å². The molecule has 2 heterocycles. The van der Waals surface area contributed by atoms with Crippen LogP contribution in [0.4, 0.5) is 0 Å². The average molecular weight is 399 g/mol. The van der Waals surface area contributed by atoms with Crippen LogP contribution in [-0.2, 0) is 11.3 Å². The summed E-state index contributed by atoms with van der Waals surface area (Å²) >= 11 is 0. The summed E-state index contributed by atoms with van der Waals surface area (Å²) in [5, 5.41) is 20.5. The van der Waals surface area contributed by atoms with E-state index < -0.39 is 5.91 Å². The second kappa shape index (κ2) is 9.19. The predicted octanol–water partition coefficient (Wildman–Crippen LogP) is 3.36. The van der Waals surface area contributed by atoms with Gasteiger partial charge in [0.05, 0.1) is 18.3 Å². The van der Waals surface area contributed by atoms with Gasteiger partial charge in [-0.1, -0.05) is 37.3 Å². The molecule has 1 atom stereocenters. The number of hydroxylamine groups is 1. The molecule has 8 nitrogen and oxygen atoms in total. The van der Waals surface area contributed by atoms with E-state index >= 15 is 0 Å². The normalized spacial score (nSPS) is 16.5. The van der Waals surface area contributed by atoms with E-state index in [4.69, 9.17) is 5.21 Å². The van der Waals surface area contributed by atoms with Gasteiger partial charge in [0.1, 0.15) is 0 Å². The van der Waals surface area contributed by atoms with Gasteiger partial charge in [-0.15, -0.1) is 5.11 Å². The maximum absolute atomic E-state index is 11.3. The number of aromatic nitrogens is 1. The fourth-order valence-corrected chi connectivity index (χ4v) is 3.72. The third kappa shape index (κ3) is 4.83. The average Bonchev–Trinajstić information content (AvgIpc) is 3.29. The van der Waals surface area contributed by atoms with Crippen LogP contribution in [-0.4, -0.2) is 52.8 Å². The van der Waals surface area contributed by atoms with Crippen molar-refractivity contribution in [2.75, 3.05) is 27.2 Å². The number of likely N-dealkylation sites (N-methyl/N-ethyl adjacent to an activating group) is 1. The van der Waals surface area contributed by atoms with Crippen LogP contribution in [0.2, 0.25) is 0 Å². The van der Waals surface area contributed by atoms with Crippen molar-refractivity contribution in [1.82, 2.24) is 20.0 Å². The molecule has 1 aliphatic rings. The van der Waals surface area contributed by atoms with E-state index in [0.29, 0.717) is 12.5 Å². The number of benzene rings is 1. The molecule has 0 spiro atoms. The largest absolute Gasteiger partial charge is 0.341 e. The Morgan fingerprint density at radius 3 is 2.79 bits per heavy atom. The second-order valence-corrected chi connectivity index (χ2v) is 7.99. The maximum Gasteiger partial charge on any atom is 0.247 e. The van der Waals surface area contributed by atoms with Gasteiger partial charge in [-0.05, 0) is 43.6 Å². The number of nitrogens with one attached hydrogen (secondary N) is 1. The topological polar surface area (TPSA) is 85.5 Å². The van der Waals surface area contributed by atoms with Gasteiger partial charge in [0, 0.05) is 30.7 Å². The van der Waals surface area contributed by atoms with Gasteiger partial charge in [0.25, 0.3) is 0 Å². The first-order valence-corrected chi connectivity index (χ1v) is 9.94. The lowest BCUT2D eigenvalue weighted by Gasteiger charge is -2.30. The fourth-order valence-electron chi connectivity index (χ4n) is 3.72. The van der Waals surface area contributed by atoms with Crippen molar-refractivity contribution in [1.29, 1.82) is 0 Å². The summed E-state index contributed by atoms with van der Waals surface area (Å²) in [7, 11) is 4.17. The molecule has 8 heteroatoms. The van der Waals surface area contributed by atoms with Gasteiger partial charge in [-0.2, -0.15) is 0 Å². The lowest BCUT2D eigenvalue weighted by atomic mass is 9.99. The lowest BCUT2D eigenvalue weighted by Crippen LogP contribution is -2.29. The van der Waals surface area contributed by atoms with E-state index in [1.807, 2.05) is 5.01 Å². The minimum absolute atomic E-state index is 0.0610. The first kappa shape index (κ1) is 21.0. The number of rotatable bonds is 8. The third-order valence-corrected chi connectivity index (χ3v) is 5.13. The Bertz CT molecular complexity index is 915. The zero-order chi connectivity index (χ0) is 21.0. The number of nitrogens with zero attached hydrogens (tertiary/aromatic N) is 5. The van der Waals surface area contributed by atoms with Crippen molar-refractivity contribution in [3.63, 3.8) is 0 Å². The van der Waals surface area contributed by atoms with Crippen LogP contribution < -0.4 is 5.48 Å². The monoisotopic (exact) mass is 398 g/mol. The minimum atomic E-state index is -0.463. The Hall–Kier alpha value is -2.71. The summed E-state index contributed by atoms with van der Waals surface area (Å²) in [6, 6.07) is 10.8. The van der Waals surface area contributed by atoms with Crippen LogP contribution in [0.25, 0.3) is 10.9 Å². The summed E-state index contributed by atoms with van der Waals surface area (Å²) in [5.41, 5.74) is 4.81. The molecule has 1 aromatic carbocycles. The highest BCUT2D eigenvalue weighted by Gasteiger charge is 2.30. The molecule has 1 unspecified atom stereocenters. The highest BCUT2D eigenvalue weighted by atomic mass is 16.5. The smallest absolute Gasteiger partial charge is 0.247 e. The summed E-state index contributed by atoms with van der Waals surface area (Å²) in [5.74, 6) is -0.146. The van der Waals surface area contributed by atoms with Gasteiger partial charge in [-0.25, -0.2) is 5.48 Å². The molecule has 0 fully saturated rings. The molecule has 0 aliphatic carbocycles. The summed E-state index contributed by atoms with van der Waals surface area (Å²) < 4.78 is 2.39. The van der Waals surface area contributed by atoms with E-state index in [0.717, 1.165) is 18.8 Å². The zero-order valence-corrected chi connectivity index (χ0v) is 17.5. The Morgan fingerprint density at radius 1 is 1.34 bits per heavy atom. The minimum Gasteiger partial charge on any atom is -0.341 e. The molecule has 1 amide bonds. The number of para-hydroxylation sites is 1. The zero-order valence-electron chi connectivity index (χ0n) is 17.5. The first-order valence-electron chi connectivity index (χ1n) is 9.94. The second-order valence-electron chi connectivity index (χ2n) is 7.99. The summed E-state index contributed by atoms with van der Waals surface area (Å²) in [6.07, 6.45) is 1.78. The standard InChI is InChI=1S/C21H30N6O2/c1-15(2)21(27-14-17(22-24-27)9-10-20(28)23-29)19-13-16-7-5-6-8-18(16)26(19)12-11-25(3)4/h5-9,13,15,21,29H,10-12,14H2,1-4H3,(H,23,28)/b17-9-. The number of fused-ring (bicyclic) bond motifs is 1. The Morgan fingerprint density at radius 2 is 2.10 bits per heavy atom. The van der Waals surface area contributed by atoms with Crippen molar-refractivity contribution in [3.05, 3.63) is 47.8 Å². The lowest BCUT2D eigenvalue weighted by molar-refractivity contribution is -0.128. The van der Waals surface area contributed by atoms with Gasteiger partial charge in [-0.3, -0.25) is 15.0 Å². The molecule has 0 saturated carbocycles. The Kier molecular flexibility index (Phi) is 6.66. The summed E-state index contributed by atoms with van der Waals surface area (Å²) in [6.45, 7) is 6.75. The Balaban J connectivity index is 1.92. The van der Waals surface area contributed by atoms with Crippen LogP contribution in [0.1, 0.15) is 32.0 Å². The van der Waals surface area contributed by atoms with Crippen molar-refractivity contribution in [2.45, 2.75) is 32.9 Å². The number of carbonyl (C=O) groups excluding carboxylic acids is 1. The van der Waals surface area contributed by atoms with E-state index in [2.05, 4.69) is 78.1 Å². The van der Waals surface area contributed by atoms with Gasteiger partial charge < -0.3 is 9.47 Å². The molecule has 2 N–H and O–H groups in total. The van der Waals surface area contributed by atoms with Crippen LogP contribution in [0.3, 0.4) is 0 Å². The molecular weight excluding hydrogens is 368 g/mol. The van der Waals surface area contributed by atoms with Crippen molar-refractivity contribution in [3.8, 4) is 0 Å².